The van der Waals surface area contributed by atoms with E-state index in [1.807, 2.05) is 25.1 Å². The van der Waals surface area contributed by atoms with Gasteiger partial charge in [0.25, 0.3) is 0 Å². The Hall–Kier alpha value is -2.81. The highest BCUT2D eigenvalue weighted by molar-refractivity contribution is 5.93. The molecular weight excluding hydrogens is 357 g/mol. The molecule has 3 aromatic carbocycles. The van der Waals surface area contributed by atoms with Gasteiger partial charge in [0.1, 0.15) is 0 Å². The van der Waals surface area contributed by atoms with E-state index in [4.69, 9.17) is 0 Å². The van der Waals surface area contributed by atoms with Gasteiger partial charge in [-0.15, -0.1) is 0 Å². The first kappa shape index (κ1) is 18.5. The zero-order chi connectivity index (χ0) is 20.1. The van der Waals surface area contributed by atoms with Gasteiger partial charge in [-0.2, -0.15) is 13.2 Å². The third-order valence-electron chi connectivity index (χ3n) is 5.79. The van der Waals surface area contributed by atoms with Gasteiger partial charge < -0.3 is 0 Å². The van der Waals surface area contributed by atoms with E-state index in [1.54, 1.807) is 6.07 Å². The maximum Gasteiger partial charge on any atom is 0.416 e. The maximum atomic E-state index is 13.2. The van der Waals surface area contributed by atoms with Crippen LogP contribution in [0.2, 0.25) is 0 Å². The Labute approximate surface area is 163 Å². The van der Waals surface area contributed by atoms with Crippen molar-refractivity contribution in [3.8, 4) is 0 Å². The number of alkyl halides is 3. The SMILES string of the molecule is C=C1CC(C)(c2ccc3ccccc3c2/C=C\C)c2ccc(C(F)(F)F)cc21. The molecule has 0 aromatic heterocycles. The molecule has 0 saturated heterocycles. The van der Waals surface area contributed by atoms with Gasteiger partial charge in [0, 0.05) is 5.41 Å². The molecule has 0 nitrogen and oxygen atoms in total. The van der Waals surface area contributed by atoms with Crippen molar-refractivity contribution in [3.05, 3.63) is 95.1 Å². The summed E-state index contributed by atoms with van der Waals surface area (Å²) in [5.41, 5.74) is 3.47. The number of allylic oxidation sites excluding steroid dienone is 2. The summed E-state index contributed by atoms with van der Waals surface area (Å²) in [6.07, 6.45) is 0.347. The minimum atomic E-state index is -4.35. The van der Waals surface area contributed by atoms with Crippen molar-refractivity contribution < 1.29 is 13.2 Å². The molecule has 0 aliphatic heterocycles. The lowest BCUT2D eigenvalue weighted by atomic mass is 9.74. The predicted octanol–water partition coefficient (Wildman–Crippen LogP) is 7.61. The highest BCUT2D eigenvalue weighted by Crippen LogP contribution is 2.51. The molecule has 28 heavy (non-hydrogen) atoms. The Morgan fingerprint density at radius 1 is 1.00 bits per heavy atom. The highest BCUT2D eigenvalue weighted by atomic mass is 19.4. The van der Waals surface area contributed by atoms with Gasteiger partial charge in [-0.3, -0.25) is 0 Å². The van der Waals surface area contributed by atoms with E-state index in [1.165, 1.54) is 12.1 Å². The van der Waals surface area contributed by atoms with Crippen molar-refractivity contribution in [3.63, 3.8) is 0 Å². The largest absolute Gasteiger partial charge is 0.416 e. The second-order valence-corrected chi connectivity index (χ2v) is 7.62. The second-order valence-electron chi connectivity index (χ2n) is 7.62. The summed E-state index contributed by atoms with van der Waals surface area (Å²) in [5.74, 6) is 0. The quantitative estimate of drug-likeness (QED) is 0.430. The monoisotopic (exact) mass is 378 g/mol. The van der Waals surface area contributed by atoms with Gasteiger partial charge in [-0.1, -0.05) is 68.1 Å². The first-order chi connectivity index (χ1) is 13.3. The topological polar surface area (TPSA) is 0 Å². The van der Waals surface area contributed by atoms with E-state index < -0.39 is 17.2 Å². The molecule has 3 aromatic rings. The molecule has 3 heteroatoms. The van der Waals surface area contributed by atoms with Crippen LogP contribution in [0.3, 0.4) is 0 Å². The summed E-state index contributed by atoms with van der Waals surface area (Å²) >= 11 is 0. The fraction of sp³-hybridized carbons (Fsp3) is 0.200. The zero-order valence-electron chi connectivity index (χ0n) is 15.9. The summed E-state index contributed by atoms with van der Waals surface area (Å²) in [5, 5.41) is 2.29. The van der Waals surface area contributed by atoms with E-state index in [0.29, 0.717) is 12.0 Å². The molecule has 142 valence electrons. The summed E-state index contributed by atoms with van der Waals surface area (Å²) in [6, 6.07) is 16.5. The van der Waals surface area contributed by atoms with Crippen LogP contribution >= 0.6 is 0 Å². The van der Waals surface area contributed by atoms with E-state index in [9.17, 15) is 13.2 Å². The van der Waals surface area contributed by atoms with Crippen LogP contribution in [0.4, 0.5) is 13.2 Å². The van der Waals surface area contributed by atoms with Crippen LogP contribution in [0.25, 0.3) is 22.4 Å². The molecule has 0 heterocycles. The summed E-state index contributed by atoms with van der Waals surface area (Å²) in [6.45, 7) is 8.17. The van der Waals surface area contributed by atoms with Crippen LogP contribution in [0, 0.1) is 0 Å². The maximum absolute atomic E-state index is 13.2. The lowest BCUT2D eigenvalue weighted by Gasteiger charge is -2.29. The van der Waals surface area contributed by atoms with Crippen LogP contribution in [0.15, 0.2) is 67.3 Å². The lowest BCUT2D eigenvalue weighted by Crippen LogP contribution is -2.21. The van der Waals surface area contributed by atoms with Gasteiger partial charge in [0.2, 0.25) is 0 Å². The van der Waals surface area contributed by atoms with Crippen LogP contribution in [-0.4, -0.2) is 0 Å². The minimum Gasteiger partial charge on any atom is -0.166 e. The Morgan fingerprint density at radius 2 is 1.71 bits per heavy atom. The molecular formula is C25H21F3. The fourth-order valence-electron chi connectivity index (χ4n) is 4.47. The summed E-state index contributed by atoms with van der Waals surface area (Å²) in [4.78, 5) is 0. The standard InChI is InChI=1S/C25H21F3/c1-4-7-20-19-9-6-5-8-17(19)10-12-22(20)24(3)15-16(2)21-14-18(25(26,27)28)11-13-23(21)24/h4-14H,2,15H2,1,3H3/b7-4-. The highest BCUT2D eigenvalue weighted by Gasteiger charge is 2.41. The van der Waals surface area contributed by atoms with Crippen molar-refractivity contribution in [2.24, 2.45) is 0 Å². The van der Waals surface area contributed by atoms with Crippen molar-refractivity contribution in [2.45, 2.75) is 31.9 Å². The Kier molecular flexibility index (Phi) is 4.22. The number of benzene rings is 3. The number of rotatable bonds is 2. The van der Waals surface area contributed by atoms with Crippen LogP contribution in [0.1, 0.15) is 48.1 Å². The molecule has 0 fully saturated rings. The average Bonchev–Trinajstić information content (AvgIpc) is 2.92. The number of hydrogen-bond donors (Lipinski definition) is 0. The predicted molar refractivity (Wildman–Crippen MR) is 110 cm³/mol. The van der Waals surface area contributed by atoms with E-state index in [0.717, 1.165) is 33.0 Å². The third-order valence-corrected chi connectivity index (χ3v) is 5.79. The Balaban J connectivity index is 1.97. The minimum absolute atomic E-state index is 0.421. The molecule has 0 spiro atoms. The van der Waals surface area contributed by atoms with Crippen LogP contribution in [-0.2, 0) is 11.6 Å². The van der Waals surface area contributed by atoms with Crippen molar-refractivity contribution in [2.75, 3.05) is 0 Å². The number of halogens is 3. The third kappa shape index (κ3) is 2.77. The zero-order valence-corrected chi connectivity index (χ0v) is 15.9. The molecule has 1 aliphatic carbocycles. The molecule has 0 saturated carbocycles. The molecule has 1 unspecified atom stereocenters. The lowest BCUT2D eigenvalue weighted by molar-refractivity contribution is -0.137. The van der Waals surface area contributed by atoms with Crippen molar-refractivity contribution in [1.82, 2.24) is 0 Å². The molecule has 1 aliphatic rings. The number of hydrogen-bond acceptors (Lipinski definition) is 0. The van der Waals surface area contributed by atoms with Gasteiger partial charge in [-0.25, -0.2) is 0 Å². The van der Waals surface area contributed by atoms with E-state index >= 15 is 0 Å². The van der Waals surface area contributed by atoms with Gasteiger partial charge >= 0.3 is 6.18 Å². The van der Waals surface area contributed by atoms with Crippen molar-refractivity contribution in [1.29, 1.82) is 0 Å². The average molecular weight is 378 g/mol. The fourth-order valence-corrected chi connectivity index (χ4v) is 4.47. The Bertz CT molecular complexity index is 1120. The number of fused-ring (bicyclic) bond motifs is 2. The first-order valence-corrected chi connectivity index (χ1v) is 9.30. The molecule has 4 rings (SSSR count). The van der Waals surface area contributed by atoms with Gasteiger partial charge in [-0.05, 0) is 64.1 Å². The molecule has 0 amide bonds. The molecule has 0 N–H and O–H groups in total. The Morgan fingerprint density at radius 3 is 2.43 bits per heavy atom. The summed E-state index contributed by atoms with van der Waals surface area (Å²) < 4.78 is 39.6. The van der Waals surface area contributed by atoms with E-state index in [-0.39, 0.29) is 0 Å². The second kappa shape index (κ2) is 6.37. The molecule has 0 radical (unpaired) electrons. The summed E-state index contributed by atoms with van der Waals surface area (Å²) in [7, 11) is 0. The van der Waals surface area contributed by atoms with Crippen LogP contribution in [0.5, 0.6) is 0 Å². The smallest absolute Gasteiger partial charge is 0.166 e. The molecule has 0 bridgehead atoms. The normalized spacial score (nSPS) is 19.5. The van der Waals surface area contributed by atoms with Crippen LogP contribution < -0.4 is 0 Å². The van der Waals surface area contributed by atoms with Crippen molar-refractivity contribution >= 4 is 22.4 Å². The van der Waals surface area contributed by atoms with Gasteiger partial charge in [0.15, 0.2) is 0 Å². The van der Waals surface area contributed by atoms with Gasteiger partial charge in [0.05, 0.1) is 5.56 Å². The molecule has 1 atom stereocenters. The van der Waals surface area contributed by atoms with E-state index in [2.05, 4.69) is 43.8 Å². The first-order valence-electron chi connectivity index (χ1n) is 9.30.